The smallest absolute Gasteiger partial charge is 0.147 e. The lowest BCUT2D eigenvalue weighted by molar-refractivity contribution is 0.405. The number of anilines is 1. The maximum Gasteiger partial charge on any atom is 0.147 e. The second-order valence-corrected chi connectivity index (χ2v) is 7.25. The third-order valence-corrected chi connectivity index (χ3v) is 4.88. The molecule has 2 aromatic rings. The van der Waals surface area contributed by atoms with Crippen LogP contribution in [0.5, 0.6) is 0 Å². The highest BCUT2D eigenvalue weighted by molar-refractivity contribution is 9.10. The number of halogens is 2. The number of rotatable bonds is 2. The minimum absolute atomic E-state index is 0.171. The molecule has 0 saturated heterocycles. The highest BCUT2D eigenvalue weighted by atomic mass is 79.9. The maximum absolute atomic E-state index is 14.0. The van der Waals surface area contributed by atoms with Crippen LogP contribution in [0, 0.1) is 5.82 Å². The Morgan fingerprint density at radius 2 is 1.95 bits per heavy atom. The molecule has 110 valence electrons. The van der Waals surface area contributed by atoms with Crippen LogP contribution >= 0.6 is 15.9 Å². The molecule has 1 nitrogen and oxygen atoms in total. The molecule has 0 saturated carbocycles. The van der Waals surface area contributed by atoms with Gasteiger partial charge in [-0.05, 0) is 47.6 Å². The number of nitrogens with one attached hydrogen (secondary N) is 1. The van der Waals surface area contributed by atoms with Gasteiger partial charge in [-0.2, -0.15) is 0 Å². The third kappa shape index (κ3) is 2.84. The summed E-state index contributed by atoms with van der Waals surface area (Å²) in [5.74, 6) is -0.216. The molecule has 1 aliphatic rings. The lowest BCUT2D eigenvalue weighted by Crippen LogP contribution is -2.29. The van der Waals surface area contributed by atoms with Crippen molar-refractivity contribution in [2.75, 3.05) is 5.32 Å². The minimum atomic E-state index is -0.216. The zero-order valence-corrected chi connectivity index (χ0v) is 13.9. The fourth-order valence-electron chi connectivity index (χ4n) is 3.16. The molecule has 1 unspecified atom stereocenters. The topological polar surface area (TPSA) is 12.0 Å². The van der Waals surface area contributed by atoms with E-state index in [1.807, 2.05) is 6.07 Å². The zero-order valence-electron chi connectivity index (χ0n) is 12.3. The number of benzene rings is 2. The van der Waals surface area contributed by atoms with Crippen LogP contribution < -0.4 is 5.32 Å². The fourth-order valence-corrected chi connectivity index (χ4v) is 3.49. The Kier molecular flexibility index (Phi) is 3.78. The molecular weight excluding hydrogens is 329 g/mol. The van der Waals surface area contributed by atoms with E-state index in [1.165, 1.54) is 17.2 Å². The molecule has 0 amide bonds. The molecule has 0 bridgehead atoms. The lowest BCUT2D eigenvalue weighted by atomic mass is 9.71. The van der Waals surface area contributed by atoms with Crippen LogP contribution in [-0.4, -0.2) is 0 Å². The summed E-state index contributed by atoms with van der Waals surface area (Å²) >= 11 is 3.29. The SMILES string of the molecule is CC1(C)CCC(Nc2ccc(Br)cc2F)c2ccccc21. The van der Waals surface area contributed by atoms with Crippen molar-refractivity contribution in [3.05, 3.63) is 63.9 Å². The van der Waals surface area contributed by atoms with Gasteiger partial charge in [0.2, 0.25) is 0 Å². The van der Waals surface area contributed by atoms with Gasteiger partial charge in [0.05, 0.1) is 11.7 Å². The zero-order chi connectivity index (χ0) is 15.0. The van der Waals surface area contributed by atoms with Gasteiger partial charge < -0.3 is 5.32 Å². The van der Waals surface area contributed by atoms with Crippen LogP contribution in [0.1, 0.15) is 43.9 Å². The number of fused-ring (bicyclic) bond motifs is 1. The predicted molar refractivity (Wildman–Crippen MR) is 89.2 cm³/mol. The van der Waals surface area contributed by atoms with Gasteiger partial charge in [0.15, 0.2) is 0 Å². The van der Waals surface area contributed by atoms with E-state index in [9.17, 15) is 4.39 Å². The standard InChI is InChI=1S/C18H19BrFN/c1-18(2)10-9-16(13-5-3-4-6-14(13)18)21-17-8-7-12(19)11-15(17)20/h3-8,11,16,21H,9-10H2,1-2H3. The van der Waals surface area contributed by atoms with Gasteiger partial charge in [0, 0.05) is 4.47 Å². The molecule has 1 atom stereocenters. The largest absolute Gasteiger partial charge is 0.376 e. The molecule has 0 radical (unpaired) electrons. The Bertz CT molecular complexity index is 666. The second kappa shape index (κ2) is 5.45. The summed E-state index contributed by atoms with van der Waals surface area (Å²) in [7, 11) is 0. The van der Waals surface area contributed by atoms with Gasteiger partial charge in [-0.1, -0.05) is 54.0 Å². The maximum atomic E-state index is 14.0. The van der Waals surface area contributed by atoms with Crippen LogP contribution in [0.3, 0.4) is 0 Å². The van der Waals surface area contributed by atoms with Crippen molar-refractivity contribution >= 4 is 21.6 Å². The first kappa shape index (κ1) is 14.6. The van der Waals surface area contributed by atoms with Crippen LogP contribution in [0.25, 0.3) is 0 Å². The van der Waals surface area contributed by atoms with Crippen molar-refractivity contribution in [2.45, 2.75) is 38.1 Å². The average Bonchev–Trinajstić information content (AvgIpc) is 2.45. The minimum Gasteiger partial charge on any atom is -0.376 e. The van der Waals surface area contributed by atoms with Crippen LogP contribution in [-0.2, 0) is 5.41 Å². The molecule has 0 spiro atoms. The van der Waals surface area contributed by atoms with Gasteiger partial charge in [0.25, 0.3) is 0 Å². The van der Waals surface area contributed by atoms with Crippen molar-refractivity contribution in [3.8, 4) is 0 Å². The van der Waals surface area contributed by atoms with E-state index in [4.69, 9.17) is 0 Å². The molecule has 0 aromatic heterocycles. The molecule has 3 rings (SSSR count). The van der Waals surface area contributed by atoms with Crippen molar-refractivity contribution in [1.29, 1.82) is 0 Å². The van der Waals surface area contributed by atoms with Gasteiger partial charge in [-0.3, -0.25) is 0 Å². The Morgan fingerprint density at radius 3 is 2.71 bits per heavy atom. The van der Waals surface area contributed by atoms with E-state index in [1.54, 1.807) is 6.07 Å². The van der Waals surface area contributed by atoms with Crippen molar-refractivity contribution < 1.29 is 4.39 Å². The monoisotopic (exact) mass is 347 g/mol. The summed E-state index contributed by atoms with van der Waals surface area (Å²) < 4.78 is 14.8. The van der Waals surface area contributed by atoms with E-state index in [0.717, 1.165) is 17.3 Å². The Hall–Kier alpha value is -1.35. The van der Waals surface area contributed by atoms with Crippen LogP contribution in [0.4, 0.5) is 10.1 Å². The molecule has 0 heterocycles. The summed E-state index contributed by atoms with van der Waals surface area (Å²) in [6.07, 6.45) is 2.11. The highest BCUT2D eigenvalue weighted by Gasteiger charge is 2.32. The van der Waals surface area contributed by atoms with Gasteiger partial charge in [0.1, 0.15) is 5.82 Å². The second-order valence-electron chi connectivity index (χ2n) is 6.33. The molecule has 0 aliphatic heterocycles. The van der Waals surface area contributed by atoms with Gasteiger partial charge in [-0.25, -0.2) is 4.39 Å². The number of hydrogen-bond acceptors (Lipinski definition) is 1. The van der Waals surface area contributed by atoms with E-state index in [-0.39, 0.29) is 17.3 Å². The summed E-state index contributed by atoms with van der Waals surface area (Å²) in [4.78, 5) is 0. The first-order valence-corrected chi connectivity index (χ1v) is 8.08. The lowest BCUT2D eigenvalue weighted by Gasteiger charge is -2.37. The summed E-state index contributed by atoms with van der Waals surface area (Å²) in [6, 6.07) is 13.8. The molecular formula is C18H19BrFN. The first-order valence-electron chi connectivity index (χ1n) is 7.28. The van der Waals surface area contributed by atoms with E-state index >= 15 is 0 Å². The summed E-state index contributed by atoms with van der Waals surface area (Å²) in [5.41, 5.74) is 3.41. The molecule has 2 aromatic carbocycles. The van der Waals surface area contributed by atoms with Crippen LogP contribution in [0.15, 0.2) is 46.9 Å². The van der Waals surface area contributed by atoms with E-state index in [0.29, 0.717) is 5.69 Å². The average molecular weight is 348 g/mol. The Labute approximate surface area is 133 Å². The normalized spacial score (nSPS) is 19.9. The number of hydrogen-bond donors (Lipinski definition) is 1. The molecule has 0 fully saturated rings. The van der Waals surface area contributed by atoms with Gasteiger partial charge in [-0.15, -0.1) is 0 Å². The van der Waals surface area contributed by atoms with E-state index in [2.05, 4.69) is 59.4 Å². The van der Waals surface area contributed by atoms with E-state index < -0.39 is 0 Å². The van der Waals surface area contributed by atoms with Crippen molar-refractivity contribution in [3.63, 3.8) is 0 Å². The Balaban J connectivity index is 1.94. The highest BCUT2D eigenvalue weighted by Crippen LogP contribution is 2.42. The first-order chi connectivity index (χ1) is 9.97. The molecule has 3 heteroatoms. The quantitative estimate of drug-likeness (QED) is 0.722. The predicted octanol–water partition coefficient (Wildman–Crippen LogP) is 5.81. The summed E-state index contributed by atoms with van der Waals surface area (Å²) in [5, 5.41) is 3.37. The van der Waals surface area contributed by atoms with Gasteiger partial charge >= 0.3 is 0 Å². The third-order valence-electron chi connectivity index (χ3n) is 4.38. The molecule has 21 heavy (non-hydrogen) atoms. The Morgan fingerprint density at radius 1 is 1.19 bits per heavy atom. The molecule has 1 N–H and O–H groups in total. The molecule has 1 aliphatic carbocycles. The van der Waals surface area contributed by atoms with Crippen molar-refractivity contribution in [1.82, 2.24) is 0 Å². The summed E-state index contributed by atoms with van der Waals surface area (Å²) in [6.45, 7) is 4.56. The van der Waals surface area contributed by atoms with Crippen LogP contribution in [0.2, 0.25) is 0 Å². The fraction of sp³-hybridized carbons (Fsp3) is 0.333. The van der Waals surface area contributed by atoms with Crippen molar-refractivity contribution in [2.24, 2.45) is 0 Å².